The van der Waals surface area contributed by atoms with Gasteiger partial charge >= 0.3 is 5.97 Å². The Hall–Kier alpha value is -1.69. The van der Waals surface area contributed by atoms with E-state index in [1.54, 1.807) is 18.2 Å². The number of hydrogen-bond acceptors (Lipinski definition) is 3. The Morgan fingerprint density at radius 3 is 2.52 bits per heavy atom. The van der Waals surface area contributed by atoms with Gasteiger partial charge in [-0.15, -0.1) is 0 Å². The second kappa shape index (κ2) is 5.26. The summed E-state index contributed by atoms with van der Waals surface area (Å²) in [4.78, 5) is 37.6. The van der Waals surface area contributed by atoms with Crippen molar-refractivity contribution in [1.82, 2.24) is 4.90 Å². The normalized spacial score (nSPS) is 25.1. The molecule has 2 aliphatic rings. The Morgan fingerprint density at radius 1 is 1.14 bits per heavy atom. The van der Waals surface area contributed by atoms with Crippen molar-refractivity contribution in [2.45, 2.75) is 31.7 Å². The van der Waals surface area contributed by atoms with Crippen LogP contribution in [0.25, 0.3) is 0 Å². The molecule has 0 radical (unpaired) electrons. The molecule has 0 aromatic heterocycles. The zero-order valence-corrected chi connectivity index (χ0v) is 12.8. The fraction of sp³-hybridized carbons (Fsp3) is 0.400. The van der Waals surface area contributed by atoms with Gasteiger partial charge in [-0.3, -0.25) is 19.3 Å². The van der Waals surface area contributed by atoms with Crippen LogP contribution in [0.1, 0.15) is 46.4 Å². The summed E-state index contributed by atoms with van der Waals surface area (Å²) in [6, 6.07) is 4.40. The molecule has 0 bridgehead atoms. The summed E-state index contributed by atoms with van der Waals surface area (Å²) < 4.78 is 0.725. The van der Waals surface area contributed by atoms with Crippen LogP contribution in [0.15, 0.2) is 22.7 Å². The second-order valence-corrected chi connectivity index (χ2v) is 6.38. The summed E-state index contributed by atoms with van der Waals surface area (Å²) in [6.07, 6.45) is 2.73. The first-order chi connectivity index (χ1) is 10.0. The lowest BCUT2D eigenvalue weighted by Crippen LogP contribution is -2.48. The summed E-state index contributed by atoms with van der Waals surface area (Å²) in [6.45, 7) is 0. The molecule has 1 aromatic rings. The lowest BCUT2D eigenvalue weighted by atomic mass is 9.83. The molecule has 2 unspecified atom stereocenters. The summed E-state index contributed by atoms with van der Waals surface area (Å²) in [5, 5.41) is 9.35. The summed E-state index contributed by atoms with van der Waals surface area (Å²) in [5.41, 5.74) is 0.710. The third-order valence-corrected chi connectivity index (χ3v) is 4.75. The van der Waals surface area contributed by atoms with Crippen LogP contribution in [0.5, 0.6) is 0 Å². The molecular weight excluding hydrogens is 338 g/mol. The van der Waals surface area contributed by atoms with Crippen molar-refractivity contribution in [1.29, 1.82) is 0 Å². The predicted molar refractivity (Wildman–Crippen MR) is 78.0 cm³/mol. The fourth-order valence-electron chi connectivity index (χ4n) is 3.24. The summed E-state index contributed by atoms with van der Waals surface area (Å²) in [7, 11) is 0. The van der Waals surface area contributed by atoms with Crippen molar-refractivity contribution < 1.29 is 19.5 Å². The highest BCUT2D eigenvalue weighted by atomic mass is 79.9. The van der Waals surface area contributed by atoms with Gasteiger partial charge in [0.05, 0.1) is 23.1 Å². The number of amides is 2. The number of carboxylic acids is 1. The Kier molecular flexibility index (Phi) is 3.57. The molecule has 21 heavy (non-hydrogen) atoms. The van der Waals surface area contributed by atoms with E-state index in [2.05, 4.69) is 15.9 Å². The molecular formula is C15H14BrNO4. The predicted octanol–water partition coefficient (Wildman–Crippen LogP) is 2.69. The number of carbonyl (C=O) groups is 3. The van der Waals surface area contributed by atoms with E-state index in [9.17, 15) is 19.5 Å². The van der Waals surface area contributed by atoms with E-state index in [1.807, 2.05) is 0 Å². The van der Waals surface area contributed by atoms with Crippen molar-refractivity contribution in [3.63, 3.8) is 0 Å². The molecule has 6 heteroatoms. The molecule has 0 spiro atoms. The minimum atomic E-state index is -0.933. The number of carboxylic acid groups (broad SMARTS) is 1. The maximum Gasteiger partial charge on any atom is 0.308 e. The standard InChI is InChI=1S/C15H14BrNO4/c16-8-5-6-9-11(7-8)14(19)17(13(9)18)12-4-2-1-3-10(12)15(20)21/h5-7,10,12H,1-4H2,(H,20,21). The quantitative estimate of drug-likeness (QED) is 0.831. The number of halogens is 1. The molecule has 1 aliphatic carbocycles. The number of nitrogens with zero attached hydrogens (tertiary/aromatic N) is 1. The second-order valence-electron chi connectivity index (χ2n) is 5.47. The maximum absolute atomic E-state index is 12.5. The zero-order chi connectivity index (χ0) is 15.1. The number of imide groups is 1. The Morgan fingerprint density at radius 2 is 1.81 bits per heavy atom. The molecule has 1 saturated carbocycles. The summed E-state index contributed by atoms with van der Waals surface area (Å²) in [5.74, 6) is -2.35. The molecule has 1 fully saturated rings. The van der Waals surface area contributed by atoms with Crippen LogP contribution in [0.4, 0.5) is 0 Å². The van der Waals surface area contributed by atoms with Crippen LogP contribution in [-0.4, -0.2) is 33.8 Å². The van der Waals surface area contributed by atoms with Gasteiger partial charge in [-0.25, -0.2) is 0 Å². The van der Waals surface area contributed by atoms with E-state index in [0.717, 1.165) is 22.2 Å². The van der Waals surface area contributed by atoms with Gasteiger partial charge in [0.15, 0.2) is 0 Å². The average molecular weight is 352 g/mol. The largest absolute Gasteiger partial charge is 0.481 e. The Balaban J connectivity index is 1.98. The highest BCUT2D eigenvalue weighted by molar-refractivity contribution is 9.10. The Bertz CT molecular complexity index is 643. The van der Waals surface area contributed by atoms with Gasteiger partial charge in [-0.05, 0) is 31.0 Å². The number of hydrogen-bond donors (Lipinski definition) is 1. The molecule has 0 saturated heterocycles. The van der Waals surface area contributed by atoms with Gasteiger partial charge in [0, 0.05) is 4.47 Å². The maximum atomic E-state index is 12.5. The van der Waals surface area contributed by atoms with Gasteiger partial charge in [0.1, 0.15) is 0 Å². The highest BCUT2D eigenvalue weighted by Gasteiger charge is 2.45. The van der Waals surface area contributed by atoms with Gasteiger partial charge in [0.2, 0.25) is 0 Å². The zero-order valence-electron chi connectivity index (χ0n) is 11.2. The van der Waals surface area contributed by atoms with E-state index in [-0.39, 0.29) is 11.8 Å². The molecule has 1 N–H and O–H groups in total. The topological polar surface area (TPSA) is 74.7 Å². The van der Waals surface area contributed by atoms with Crippen LogP contribution in [0, 0.1) is 5.92 Å². The van der Waals surface area contributed by atoms with Crippen LogP contribution in [-0.2, 0) is 4.79 Å². The first-order valence-corrected chi connectivity index (χ1v) is 7.70. The SMILES string of the molecule is O=C(O)C1CCCCC1N1C(=O)c2ccc(Br)cc2C1=O. The molecule has 1 aliphatic heterocycles. The van der Waals surface area contributed by atoms with Crippen LogP contribution in [0.2, 0.25) is 0 Å². The third kappa shape index (κ3) is 2.27. The lowest BCUT2D eigenvalue weighted by molar-refractivity contribution is -0.144. The highest BCUT2D eigenvalue weighted by Crippen LogP contribution is 2.35. The molecule has 1 aromatic carbocycles. The number of aliphatic carboxylic acids is 1. The van der Waals surface area contributed by atoms with Gasteiger partial charge < -0.3 is 5.11 Å². The first-order valence-electron chi connectivity index (χ1n) is 6.91. The first kappa shape index (κ1) is 14.3. The average Bonchev–Trinajstić information content (AvgIpc) is 2.70. The van der Waals surface area contributed by atoms with Crippen LogP contribution < -0.4 is 0 Å². The molecule has 110 valence electrons. The molecule has 2 atom stereocenters. The molecule has 5 nitrogen and oxygen atoms in total. The molecule has 3 rings (SSSR count). The molecule has 2 amide bonds. The fourth-order valence-corrected chi connectivity index (χ4v) is 3.60. The van der Waals surface area contributed by atoms with E-state index in [0.29, 0.717) is 24.0 Å². The summed E-state index contributed by atoms with van der Waals surface area (Å²) >= 11 is 3.29. The van der Waals surface area contributed by atoms with Crippen LogP contribution in [0.3, 0.4) is 0 Å². The minimum Gasteiger partial charge on any atom is -0.481 e. The monoisotopic (exact) mass is 351 g/mol. The van der Waals surface area contributed by atoms with Gasteiger partial charge in [0.25, 0.3) is 11.8 Å². The van der Waals surface area contributed by atoms with Gasteiger partial charge in [-0.1, -0.05) is 28.8 Å². The van der Waals surface area contributed by atoms with Crippen molar-refractivity contribution in [2.75, 3.05) is 0 Å². The van der Waals surface area contributed by atoms with Crippen molar-refractivity contribution >= 4 is 33.7 Å². The minimum absolute atomic E-state index is 0.351. The number of carbonyl (C=O) groups excluding carboxylic acids is 2. The molecule has 1 heterocycles. The van der Waals surface area contributed by atoms with Crippen molar-refractivity contribution in [3.8, 4) is 0 Å². The van der Waals surface area contributed by atoms with E-state index >= 15 is 0 Å². The van der Waals surface area contributed by atoms with Crippen molar-refractivity contribution in [3.05, 3.63) is 33.8 Å². The number of benzene rings is 1. The third-order valence-electron chi connectivity index (χ3n) is 4.26. The van der Waals surface area contributed by atoms with Crippen molar-refractivity contribution in [2.24, 2.45) is 5.92 Å². The number of fused-ring (bicyclic) bond motifs is 1. The van der Waals surface area contributed by atoms with E-state index in [4.69, 9.17) is 0 Å². The van der Waals surface area contributed by atoms with Crippen LogP contribution >= 0.6 is 15.9 Å². The van der Waals surface area contributed by atoms with E-state index < -0.39 is 17.9 Å². The lowest BCUT2D eigenvalue weighted by Gasteiger charge is -2.34. The smallest absolute Gasteiger partial charge is 0.308 e. The van der Waals surface area contributed by atoms with E-state index in [1.165, 1.54) is 0 Å². The number of rotatable bonds is 2. The van der Waals surface area contributed by atoms with Gasteiger partial charge in [-0.2, -0.15) is 0 Å². The Labute approximate surface area is 130 Å².